The van der Waals surface area contributed by atoms with Crippen LogP contribution in [0.4, 0.5) is 15.3 Å². The quantitative estimate of drug-likeness (QED) is 0.0752. The van der Waals surface area contributed by atoms with Crippen LogP contribution in [0.2, 0.25) is 0 Å². The third kappa shape index (κ3) is 14.0. The zero-order valence-electron chi connectivity index (χ0n) is 39.1. The van der Waals surface area contributed by atoms with Gasteiger partial charge in [-0.1, -0.05) is 50.8 Å². The van der Waals surface area contributed by atoms with Crippen molar-refractivity contribution in [3.8, 4) is 0 Å². The van der Waals surface area contributed by atoms with Crippen LogP contribution in [0.1, 0.15) is 85.6 Å². The molecule has 0 bridgehead atoms. The molecular weight excluding hydrogens is 855 g/mol. The summed E-state index contributed by atoms with van der Waals surface area (Å²) in [5, 5.41) is 32.6. The second-order valence-corrected chi connectivity index (χ2v) is 17.8. The number of rotatable bonds is 18. The van der Waals surface area contributed by atoms with E-state index in [2.05, 4.69) is 47.5 Å². The highest BCUT2D eigenvalue weighted by molar-refractivity contribution is 6.02. The highest BCUT2D eigenvalue weighted by Crippen LogP contribution is 2.56. The van der Waals surface area contributed by atoms with Crippen LogP contribution in [-0.4, -0.2) is 139 Å². The fraction of sp³-hybridized carbons (Fsp3) is 0.667. The molecule has 0 aromatic heterocycles. The first kappa shape index (κ1) is 51.0. The minimum atomic E-state index is -1.19. The minimum absolute atomic E-state index is 0.0875. The zero-order chi connectivity index (χ0) is 48.1. The number of carboxylic acid groups (broad SMARTS) is 1. The predicted molar refractivity (Wildman–Crippen MR) is 245 cm³/mol. The smallest absolute Gasteiger partial charge is 0.413 e. The van der Waals surface area contributed by atoms with Gasteiger partial charge >= 0.3 is 18.2 Å². The zero-order valence-corrected chi connectivity index (χ0v) is 39.1. The van der Waals surface area contributed by atoms with E-state index in [1.807, 2.05) is 38.1 Å². The van der Waals surface area contributed by atoms with E-state index in [1.165, 1.54) is 13.8 Å². The monoisotopic (exact) mass is 924 g/mol. The lowest BCUT2D eigenvalue weighted by molar-refractivity contribution is -0.143. The summed E-state index contributed by atoms with van der Waals surface area (Å²) in [5.41, 5.74) is 1.78. The molecule has 2 saturated carbocycles. The Labute approximate surface area is 386 Å². The summed E-state index contributed by atoms with van der Waals surface area (Å²) < 4.78 is 10.2. The van der Waals surface area contributed by atoms with Gasteiger partial charge in [-0.25, -0.2) is 14.4 Å². The van der Waals surface area contributed by atoms with Crippen LogP contribution in [0.25, 0.3) is 0 Å². The molecule has 0 spiro atoms. The molecule has 364 valence electrons. The molecule has 0 unspecified atom stereocenters. The molecule has 9 N–H and O–H groups in total. The fourth-order valence-corrected chi connectivity index (χ4v) is 8.83. The van der Waals surface area contributed by atoms with Gasteiger partial charge in [0.25, 0.3) is 0 Å². The molecule has 1 aromatic rings. The average molecular weight is 924 g/mol. The number of alkyl carbamates (subject to hydrolysis) is 2. The van der Waals surface area contributed by atoms with Crippen molar-refractivity contribution in [2.45, 2.75) is 123 Å². The van der Waals surface area contributed by atoms with Crippen molar-refractivity contribution in [3.05, 3.63) is 29.8 Å². The van der Waals surface area contributed by atoms with Crippen LogP contribution >= 0.6 is 0 Å². The van der Waals surface area contributed by atoms with Crippen LogP contribution in [0.5, 0.6) is 0 Å². The molecule has 4 fully saturated rings. The van der Waals surface area contributed by atoms with Crippen LogP contribution in [0.3, 0.4) is 0 Å². The number of fused-ring (bicyclic) bond motifs is 1. The molecule has 5 rings (SSSR count). The molecule has 2 heterocycles. The van der Waals surface area contributed by atoms with Gasteiger partial charge < -0.3 is 51.4 Å². The Balaban J connectivity index is 1.28. The van der Waals surface area contributed by atoms with Crippen molar-refractivity contribution >= 4 is 59.4 Å². The molecule has 2 aliphatic carbocycles. The number of aliphatic carboxylic acids is 1. The Bertz CT molecular complexity index is 1960. The summed E-state index contributed by atoms with van der Waals surface area (Å²) >= 11 is 0. The molecule has 4 aliphatic rings. The van der Waals surface area contributed by atoms with Crippen LogP contribution in [0.15, 0.2) is 34.3 Å². The van der Waals surface area contributed by atoms with Gasteiger partial charge in [0.1, 0.15) is 24.2 Å². The summed E-state index contributed by atoms with van der Waals surface area (Å²) in [7, 11) is 0. The number of carboxylic acids is 1. The van der Waals surface area contributed by atoms with Gasteiger partial charge in [0.05, 0.1) is 19.3 Å². The maximum absolute atomic E-state index is 14.4. The van der Waals surface area contributed by atoms with E-state index in [0.29, 0.717) is 31.0 Å². The van der Waals surface area contributed by atoms with Crippen molar-refractivity contribution in [3.63, 3.8) is 0 Å². The van der Waals surface area contributed by atoms with Crippen molar-refractivity contribution in [2.24, 2.45) is 39.6 Å². The SMILES string of the molecule is CCOC(=O)NC(=NC[C@H]1CN[C@H](C(=O)N2C[C@@H]3[C@@H](CN=C(NC(=O)OCC)NC4CCCC4)[C@@H]3[C@H]2C(=O)N[C@@H](C)C(=O)N[C@@H](C)C(=O)N[C@H](C(=O)O)[C@@H](C)CC)C1)Nc1ccc(C)cc1. The van der Waals surface area contributed by atoms with Crippen molar-refractivity contribution in [1.82, 2.24) is 42.1 Å². The van der Waals surface area contributed by atoms with Crippen molar-refractivity contribution < 1.29 is 48.1 Å². The van der Waals surface area contributed by atoms with Crippen molar-refractivity contribution in [1.29, 1.82) is 0 Å². The summed E-state index contributed by atoms with van der Waals surface area (Å²) in [4.78, 5) is 103. The lowest BCUT2D eigenvalue weighted by atomic mass is 9.99. The fourth-order valence-electron chi connectivity index (χ4n) is 8.83. The standard InChI is InChI=1S/C45H69N11O10/c1-8-25(5)35(41(61)62)53-38(58)27(7)49-37(57)26(6)50-39(59)36-34-31(22-48-43(55-45(64)66-10-3)51-29-13-11-12-14-29)32(34)23-56(36)40(60)33-19-28(20-46-33)21-47-42(54-44(63)65-9-2)52-30-17-15-24(4)16-18-30/h15-18,25-29,31-36,46H,8-14,19-23H2,1-7H3,(H,49,57)(H,50,59)(H,53,58)(H,61,62)(H2,47,52,54,63)(H2,48,51,55,64)/t25-,26-,27-,28+,31+,32+,33-,34-,35-,36-/m0/s1. The van der Waals surface area contributed by atoms with Gasteiger partial charge in [-0.3, -0.25) is 39.8 Å². The number of nitrogens with one attached hydrogen (secondary N) is 8. The Hall–Kier alpha value is -5.99. The highest BCUT2D eigenvalue weighted by atomic mass is 16.6. The summed E-state index contributed by atoms with van der Waals surface area (Å²) in [6.45, 7) is 13.4. The third-order valence-electron chi connectivity index (χ3n) is 12.8. The van der Waals surface area contributed by atoms with E-state index in [1.54, 1.807) is 25.7 Å². The maximum atomic E-state index is 14.4. The van der Waals surface area contributed by atoms with Crippen molar-refractivity contribution in [2.75, 3.05) is 44.7 Å². The Kier molecular flexibility index (Phi) is 18.5. The number of anilines is 1. The molecule has 21 nitrogen and oxygen atoms in total. The molecule has 0 radical (unpaired) electrons. The number of ether oxygens (including phenoxy) is 2. The molecular formula is C45H69N11O10. The highest BCUT2D eigenvalue weighted by Gasteiger charge is 2.64. The number of benzene rings is 1. The molecule has 66 heavy (non-hydrogen) atoms. The lowest BCUT2D eigenvalue weighted by Gasteiger charge is -2.31. The summed E-state index contributed by atoms with van der Waals surface area (Å²) in [6.07, 6.45) is 3.61. The predicted octanol–water partition coefficient (Wildman–Crippen LogP) is 1.82. The third-order valence-corrected chi connectivity index (χ3v) is 12.8. The number of hydrogen-bond donors (Lipinski definition) is 9. The first-order valence-electron chi connectivity index (χ1n) is 23.3. The number of likely N-dealkylation sites (tertiary alicyclic amines) is 1. The van der Waals surface area contributed by atoms with Gasteiger partial charge in [-0.15, -0.1) is 0 Å². The Morgan fingerprint density at radius 3 is 2.06 bits per heavy atom. The van der Waals surface area contributed by atoms with E-state index < -0.39 is 66.1 Å². The maximum Gasteiger partial charge on any atom is 0.413 e. The van der Waals surface area contributed by atoms with Gasteiger partial charge in [0.15, 0.2) is 0 Å². The molecule has 2 aliphatic heterocycles. The number of carbonyl (C=O) groups excluding carboxylic acids is 6. The Morgan fingerprint density at radius 2 is 1.44 bits per heavy atom. The number of amides is 6. The van der Waals surface area contributed by atoms with E-state index in [4.69, 9.17) is 14.5 Å². The first-order valence-corrected chi connectivity index (χ1v) is 23.3. The number of aliphatic imine (C=N–C) groups is 2. The average Bonchev–Trinajstić information content (AvgIpc) is 3.75. The Morgan fingerprint density at radius 1 is 0.833 bits per heavy atom. The molecule has 6 amide bonds. The second-order valence-electron chi connectivity index (χ2n) is 17.8. The molecule has 21 heteroatoms. The first-order chi connectivity index (χ1) is 31.5. The molecule has 10 atom stereocenters. The second kappa shape index (κ2) is 24.0. The number of aryl methyl sites for hydroxylation is 1. The summed E-state index contributed by atoms with van der Waals surface area (Å²) in [6, 6.07) is 2.75. The van der Waals surface area contributed by atoms with E-state index in [9.17, 15) is 38.7 Å². The van der Waals surface area contributed by atoms with E-state index in [0.717, 1.165) is 31.2 Å². The van der Waals surface area contributed by atoms with E-state index >= 15 is 0 Å². The van der Waals surface area contributed by atoms with E-state index in [-0.39, 0.29) is 80.3 Å². The number of carbonyl (C=O) groups is 7. The number of guanidine groups is 2. The molecule has 1 aromatic carbocycles. The van der Waals surface area contributed by atoms with Gasteiger partial charge in [0.2, 0.25) is 35.5 Å². The van der Waals surface area contributed by atoms with Gasteiger partial charge in [0, 0.05) is 37.9 Å². The van der Waals surface area contributed by atoms with Crippen LogP contribution in [0, 0.1) is 36.5 Å². The van der Waals surface area contributed by atoms with Crippen LogP contribution < -0.4 is 42.5 Å². The lowest BCUT2D eigenvalue weighted by Crippen LogP contribution is -2.58. The van der Waals surface area contributed by atoms with Gasteiger partial charge in [-0.2, -0.15) is 0 Å². The largest absolute Gasteiger partial charge is 0.480 e. The topological polar surface area (TPSA) is 282 Å². The van der Waals surface area contributed by atoms with Gasteiger partial charge in [-0.05, 0) is 95.6 Å². The number of nitrogens with zero attached hydrogens (tertiary/aromatic N) is 3. The normalized spacial score (nSPS) is 24.4. The minimum Gasteiger partial charge on any atom is -0.480 e. The number of hydrogen-bond acceptors (Lipinski definition) is 12. The summed E-state index contributed by atoms with van der Waals surface area (Å²) in [5.74, 6) is -3.83. The number of piperidine rings is 1. The molecule has 2 saturated heterocycles. The van der Waals surface area contributed by atoms with Crippen LogP contribution in [-0.2, 0) is 33.4 Å².